The summed E-state index contributed by atoms with van der Waals surface area (Å²) < 4.78 is 30.0. The van der Waals surface area contributed by atoms with Crippen molar-refractivity contribution in [3.8, 4) is 5.75 Å². The molecule has 0 bridgehead atoms. The van der Waals surface area contributed by atoms with Crippen molar-refractivity contribution in [1.82, 2.24) is 4.72 Å². The molecule has 1 N–H and O–H groups in total. The number of hydrogen-bond acceptors (Lipinski definition) is 5. The smallest absolute Gasteiger partial charge is 0.244 e. The summed E-state index contributed by atoms with van der Waals surface area (Å²) in [6, 6.07) is 3.46. The van der Waals surface area contributed by atoms with Gasteiger partial charge in [0.2, 0.25) is 10.0 Å². The van der Waals surface area contributed by atoms with Gasteiger partial charge in [-0.15, -0.1) is 0 Å². The molecule has 0 aliphatic heterocycles. The lowest BCUT2D eigenvalue weighted by Gasteiger charge is -2.11. The largest absolute Gasteiger partial charge is 0.545 e. The summed E-state index contributed by atoms with van der Waals surface area (Å²) in [5.41, 5.74) is -0.227. The zero-order valence-corrected chi connectivity index (χ0v) is 9.50. The van der Waals surface area contributed by atoms with Crippen molar-refractivity contribution in [3.63, 3.8) is 0 Å². The van der Waals surface area contributed by atoms with E-state index in [1.165, 1.54) is 26.3 Å². The van der Waals surface area contributed by atoms with Crippen LogP contribution >= 0.6 is 0 Å². The maximum absolute atomic E-state index is 11.6. The summed E-state index contributed by atoms with van der Waals surface area (Å²) in [6.07, 6.45) is 0. The Bertz CT molecular complexity index is 509. The predicted octanol–water partition coefficient (Wildman–Crippen LogP) is -1.03. The average molecular weight is 244 g/mol. The third-order valence-corrected chi connectivity index (χ3v) is 3.39. The molecular formula is C9H10NO5S-. The first kappa shape index (κ1) is 12.5. The Morgan fingerprint density at radius 3 is 2.50 bits per heavy atom. The summed E-state index contributed by atoms with van der Waals surface area (Å²) in [6.45, 7) is 0. The Balaban J connectivity index is 3.45. The normalized spacial score (nSPS) is 11.1. The van der Waals surface area contributed by atoms with Crippen LogP contribution in [0, 0.1) is 0 Å². The molecule has 0 amide bonds. The number of sulfonamides is 1. The van der Waals surface area contributed by atoms with Gasteiger partial charge in [-0.2, -0.15) is 0 Å². The van der Waals surface area contributed by atoms with Crippen molar-refractivity contribution >= 4 is 16.0 Å². The minimum atomic E-state index is -3.76. The van der Waals surface area contributed by atoms with E-state index in [9.17, 15) is 18.3 Å². The van der Waals surface area contributed by atoms with Crippen LogP contribution in [0.3, 0.4) is 0 Å². The van der Waals surface area contributed by atoms with Crippen molar-refractivity contribution < 1.29 is 23.1 Å². The monoisotopic (exact) mass is 244 g/mol. The Hall–Kier alpha value is -1.60. The number of benzene rings is 1. The van der Waals surface area contributed by atoms with Gasteiger partial charge in [-0.3, -0.25) is 0 Å². The molecule has 88 valence electrons. The molecule has 0 heterocycles. The molecule has 0 saturated heterocycles. The van der Waals surface area contributed by atoms with E-state index in [1.807, 2.05) is 0 Å². The van der Waals surface area contributed by atoms with E-state index in [-0.39, 0.29) is 16.2 Å². The molecule has 1 rings (SSSR count). The number of ether oxygens (including phenoxy) is 1. The van der Waals surface area contributed by atoms with E-state index in [2.05, 4.69) is 4.72 Å². The summed E-state index contributed by atoms with van der Waals surface area (Å²) in [7, 11) is -1.25. The van der Waals surface area contributed by atoms with Gasteiger partial charge in [0.05, 0.1) is 13.1 Å². The van der Waals surface area contributed by atoms with Crippen LogP contribution in [0.4, 0.5) is 0 Å². The Labute approximate surface area is 92.9 Å². The second kappa shape index (κ2) is 4.50. The molecule has 0 fully saturated rings. The minimum absolute atomic E-state index is 0.0688. The van der Waals surface area contributed by atoms with Crippen molar-refractivity contribution in [2.45, 2.75) is 4.90 Å². The van der Waals surface area contributed by atoms with Crippen LogP contribution in [0.2, 0.25) is 0 Å². The molecule has 0 aliphatic rings. The molecule has 7 heteroatoms. The van der Waals surface area contributed by atoms with Crippen molar-refractivity contribution in [2.75, 3.05) is 14.2 Å². The van der Waals surface area contributed by atoms with E-state index in [4.69, 9.17) is 4.74 Å². The quantitative estimate of drug-likeness (QED) is 0.730. The average Bonchev–Trinajstić information content (AvgIpc) is 2.28. The number of rotatable bonds is 4. The van der Waals surface area contributed by atoms with Crippen molar-refractivity contribution in [3.05, 3.63) is 23.8 Å². The summed E-state index contributed by atoms with van der Waals surface area (Å²) >= 11 is 0. The number of methoxy groups -OCH3 is 1. The third kappa shape index (κ3) is 2.31. The lowest BCUT2D eigenvalue weighted by Crippen LogP contribution is -2.24. The molecule has 0 saturated carbocycles. The van der Waals surface area contributed by atoms with Gasteiger partial charge < -0.3 is 14.6 Å². The van der Waals surface area contributed by atoms with Crippen LogP contribution in [-0.2, 0) is 10.0 Å². The van der Waals surface area contributed by atoms with Crippen LogP contribution in [0.5, 0.6) is 5.75 Å². The maximum Gasteiger partial charge on any atom is 0.244 e. The highest BCUT2D eigenvalue weighted by Gasteiger charge is 2.18. The zero-order chi connectivity index (χ0) is 12.3. The van der Waals surface area contributed by atoms with Crippen LogP contribution in [0.15, 0.2) is 23.1 Å². The lowest BCUT2D eigenvalue weighted by molar-refractivity contribution is -0.255. The van der Waals surface area contributed by atoms with Gasteiger partial charge in [-0.1, -0.05) is 0 Å². The molecule has 1 aromatic rings. The highest BCUT2D eigenvalue weighted by atomic mass is 32.2. The van der Waals surface area contributed by atoms with Gasteiger partial charge in [0.15, 0.2) is 0 Å². The number of carboxylic acids is 1. The molecular weight excluding hydrogens is 234 g/mol. The molecule has 0 unspecified atom stereocenters. The second-order valence-corrected chi connectivity index (χ2v) is 4.72. The number of nitrogens with one attached hydrogen (secondary N) is 1. The topological polar surface area (TPSA) is 95.5 Å². The molecule has 6 nitrogen and oxygen atoms in total. The Morgan fingerprint density at radius 2 is 2.06 bits per heavy atom. The fourth-order valence-corrected chi connectivity index (χ4v) is 2.04. The van der Waals surface area contributed by atoms with Gasteiger partial charge in [-0.25, -0.2) is 13.1 Å². The fourth-order valence-electron chi connectivity index (χ4n) is 1.12. The second-order valence-electron chi connectivity index (χ2n) is 2.86. The van der Waals surface area contributed by atoms with Crippen LogP contribution in [-0.4, -0.2) is 28.5 Å². The highest BCUT2D eigenvalue weighted by molar-refractivity contribution is 7.89. The van der Waals surface area contributed by atoms with Gasteiger partial charge >= 0.3 is 0 Å². The number of carbonyl (C=O) groups excluding carboxylic acids is 1. The highest BCUT2D eigenvalue weighted by Crippen LogP contribution is 2.24. The molecule has 0 radical (unpaired) electrons. The summed E-state index contributed by atoms with van der Waals surface area (Å²) in [5, 5.41) is 10.6. The van der Waals surface area contributed by atoms with E-state index in [0.29, 0.717) is 0 Å². The zero-order valence-electron chi connectivity index (χ0n) is 8.68. The van der Waals surface area contributed by atoms with E-state index in [0.717, 1.165) is 6.07 Å². The molecule has 0 atom stereocenters. The first-order valence-electron chi connectivity index (χ1n) is 4.25. The molecule has 0 spiro atoms. The van der Waals surface area contributed by atoms with Gasteiger partial charge in [0.25, 0.3) is 0 Å². The van der Waals surface area contributed by atoms with Crippen LogP contribution < -0.4 is 14.6 Å². The molecule has 16 heavy (non-hydrogen) atoms. The van der Waals surface area contributed by atoms with E-state index >= 15 is 0 Å². The van der Waals surface area contributed by atoms with E-state index in [1.54, 1.807) is 0 Å². The standard InChI is InChI=1S/C9H11NO5S/c1-10-16(13,14)8-5-6(9(11)12)3-4-7(8)15-2/h3-5,10H,1-2H3,(H,11,12)/p-1. The maximum atomic E-state index is 11.6. The van der Waals surface area contributed by atoms with Gasteiger partial charge in [-0.05, 0) is 30.8 Å². The Kier molecular flexibility index (Phi) is 3.51. The SMILES string of the molecule is CNS(=O)(=O)c1cc(C(=O)[O-])ccc1OC. The summed E-state index contributed by atoms with van der Waals surface area (Å²) in [5.74, 6) is -1.38. The minimum Gasteiger partial charge on any atom is -0.545 e. The van der Waals surface area contributed by atoms with E-state index < -0.39 is 16.0 Å². The molecule has 1 aromatic carbocycles. The number of carboxylic acid groups (broad SMARTS) is 1. The first-order valence-corrected chi connectivity index (χ1v) is 5.73. The summed E-state index contributed by atoms with van der Waals surface area (Å²) in [4.78, 5) is 10.4. The third-order valence-electron chi connectivity index (χ3n) is 1.96. The van der Waals surface area contributed by atoms with Gasteiger partial charge in [0.1, 0.15) is 10.6 Å². The number of aromatic carboxylic acids is 1. The van der Waals surface area contributed by atoms with Crippen LogP contribution in [0.25, 0.3) is 0 Å². The number of hydrogen-bond donors (Lipinski definition) is 1. The molecule has 0 aromatic heterocycles. The Morgan fingerprint density at radius 1 is 1.44 bits per heavy atom. The number of carbonyl (C=O) groups is 1. The molecule has 0 aliphatic carbocycles. The van der Waals surface area contributed by atoms with Crippen molar-refractivity contribution in [1.29, 1.82) is 0 Å². The first-order chi connectivity index (χ1) is 7.42. The predicted molar refractivity (Wildman–Crippen MR) is 53.6 cm³/mol. The lowest BCUT2D eigenvalue weighted by atomic mass is 10.2. The van der Waals surface area contributed by atoms with Crippen LogP contribution in [0.1, 0.15) is 10.4 Å². The van der Waals surface area contributed by atoms with Gasteiger partial charge in [0, 0.05) is 0 Å². The fraction of sp³-hybridized carbons (Fsp3) is 0.222. The van der Waals surface area contributed by atoms with Crippen molar-refractivity contribution in [2.24, 2.45) is 0 Å².